The fourth-order valence-electron chi connectivity index (χ4n) is 2.37. The summed E-state index contributed by atoms with van der Waals surface area (Å²) in [5.74, 6) is 0.0209. The van der Waals surface area contributed by atoms with Crippen LogP contribution in [0.3, 0.4) is 0 Å². The van der Waals surface area contributed by atoms with Gasteiger partial charge in [-0.15, -0.1) is 0 Å². The molecule has 1 aliphatic heterocycles. The van der Waals surface area contributed by atoms with Crippen LogP contribution in [0, 0.1) is 0 Å². The molecule has 0 unspecified atom stereocenters. The van der Waals surface area contributed by atoms with Crippen LogP contribution in [0.2, 0.25) is 0 Å². The number of rotatable bonds is 2. The van der Waals surface area contributed by atoms with Gasteiger partial charge in [-0.3, -0.25) is 9.59 Å². The summed E-state index contributed by atoms with van der Waals surface area (Å²) in [6.45, 7) is 1.81. The van der Waals surface area contributed by atoms with Gasteiger partial charge < -0.3 is 15.4 Å². The van der Waals surface area contributed by atoms with Gasteiger partial charge in [0.25, 0.3) is 5.91 Å². The third-order valence-corrected chi connectivity index (χ3v) is 3.36. The zero-order valence-electron chi connectivity index (χ0n) is 12.1. The van der Waals surface area contributed by atoms with E-state index in [4.69, 9.17) is 4.74 Å². The number of amides is 2. The lowest BCUT2D eigenvalue weighted by Crippen LogP contribution is -2.18. The maximum Gasteiger partial charge on any atom is 0.259 e. The van der Waals surface area contributed by atoms with Crippen molar-refractivity contribution in [2.75, 3.05) is 10.6 Å². The predicted octanol–water partition coefficient (Wildman–Crippen LogP) is 3.05. The summed E-state index contributed by atoms with van der Waals surface area (Å²) in [5.41, 5.74) is 1.63. The Bertz CT molecular complexity index is 713. The van der Waals surface area contributed by atoms with Gasteiger partial charge in [-0.05, 0) is 31.2 Å². The van der Waals surface area contributed by atoms with Gasteiger partial charge in [0.2, 0.25) is 5.91 Å². The predicted molar refractivity (Wildman–Crippen MR) is 84.2 cm³/mol. The van der Waals surface area contributed by atoms with Crippen LogP contribution in [0.15, 0.2) is 48.5 Å². The number of hydrogen-bond acceptors (Lipinski definition) is 3. The fraction of sp³-hybridized carbons (Fsp3) is 0.176. The van der Waals surface area contributed by atoms with E-state index < -0.39 is 0 Å². The molecule has 2 amide bonds. The summed E-state index contributed by atoms with van der Waals surface area (Å²) in [6.07, 6.45) is -0.0269. The van der Waals surface area contributed by atoms with Crippen molar-refractivity contribution in [3.8, 4) is 5.75 Å². The number of nitrogens with one attached hydrogen (secondary N) is 2. The third kappa shape index (κ3) is 2.93. The summed E-state index contributed by atoms with van der Waals surface area (Å²) in [7, 11) is 0. The highest BCUT2D eigenvalue weighted by Crippen LogP contribution is 2.33. The molecule has 0 spiro atoms. The van der Waals surface area contributed by atoms with Crippen molar-refractivity contribution in [1.29, 1.82) is 0 Å². The lowest BCUT2D eigenvalue weighted by molar-refractivity contribution is -0.117. The van der Waals surface area contributed by atoms with E-state index in [1.54, 1.807) is 25.1 Å². The molecule has 0 aromatic heterocycles. The Morgan fingerprint density at radius 2 is 1.95 bits per heavy atom. The first-order valence-corrected chi connectivity index (χ1v) is 7.09. The maximum absolute atomic E-state index is 12.5. The fourth-order valence-corrected chi connectivity index (χ4v) is 2.37. The Labute approximate surface area is 128 Å². The van der Waals surface area contributed by atoms with Crippen molar-refractivity contribution in [3.63, 3.8) is 0 Å². The minimum Gasteiger partial charge on any atom is -0.487 e. The minimum atomic E-state index is -0.285. The second-order valence-electron chi connectivity index (χ2n) is 5.18. The largest absolute Gasteiger partial charge is 0.487 e. The Hall–Kier alpha value is -2.82. The average Bonchev–Trinajstić information content (AvgIpc) is 2.64. The van der Waals surface area contributed by atoms with Crippen LogP contribution in [0.25, 0.3) is 0 Å². The zero-order chi connectivity index (χ0) is 15.5. The number of fused-ring (bicyclic) bond motifs is 1. The Balaban J connectivity index is 1.93. The van der Waals surface area contributed by atoms with E-state index in [2.05, 4.69) is 10.6 Å². The van der Waals surface area contributed by atoms with Crippen LogP contribution in [-0.2, 0) is 4.79 Å². The maximum atomic E-state index is 12.5. The van der Waals surface area contributed by atoms with Crippen LogP contribution in [0.5, 0.6) is 5.75 Å². The molecule has 2 aromatic carbocycles. The molecule has 22 heavy (non-hydrogen) atoms. The number of anilines is 2. The highest BCUT2D eigenvalue weighted by molar-refractivity contribution is 6.08. The summed E-state index contributed by atoms with van der Waals surface area (Å²) in [6, 6.07) is 14.3. The molecule has 0 fully saturated rings. The van der Waals surface area contributed by atoms with E-state index >= 15 is 0 Å². The molecule has 1 atom stereocenters. The number of benzene rings is 2. The number of carbonyl (C=O) groups is 2. The second kappa shape index (κ2) is 5.89. The molecule has 5 heteroatoms. The molecule has 2 N–H and O–H groups in total. The molecule has 0 bridgehead atoms. The molecule has 0 aliphatic carbocycles. The third-order valence-electron chi connectivity index (χ3n) is 3.36. The summed E-state index contributed by atoms with van der Waals surface area (Å²) >= 11 is 0. The minimum absolute atomic E-state index is 0.119. The summed E-state index contributed by atoms with van der Waals surface area (Å²) in [4.78, 5) is 24.2. The zero-order valence-corrected chi connectivity index (χ0v) is 12.1. The molecule has 112 valence electrons. The first-order valence-electron chi connectivity index (χ1n) is 7.09. The van der Waals surface area contributed by atoms with Crippen molar-refractivity contribution in [2.45, 2.75) is 19.4 Å². The van der Waals surface area contributed by atoms with E-state index in [0.29, 0.717) is 22.7 Å². The second-order valence-corrected chi connectivity index (χ2v) is 5.18. The summed E-state index contributed by atoms with van der Waals surface area (Å²) in [5, 5.41) is 5.59. The highest BCUT2D eigenvalue weighted by Gasteiger charge is 2.24. The molecular formula is C17H16N2O3. The van der Waals surface area contributed by atoms with Gasteiger partial charge in [0, 0.05) is 5.69 Å². The Morgan fingerprint density at radius 1 is 1.18 bits per heavy atom. The topological polar surface area (TPSA) is 67.4 Å². The first-order chi connectivity index (χ1) is 10.6. The van der Waals surface area contributed by atoms with Crippen molar-refractivity contribution in [1.82, 2.24) is 0 Å². The van der Waals surface area contributed by atoms with Crippen molar-refractivity contribution in [2.24, 2.45) is 0 Å². The Kier molecular flexibility index (Phi) is 3.78. The first kappa shape index (κ1) is 14.1. The van der Waals surface area contributed by atoms with Gasteiger partial charge in [-0.25, -0.2) is 0 Å². The molecule has 0 saturated carbocycles. The molecule has 1 aliphatic rings. The number of para-hydroxylation sites is 2. The molecule has 1 heterocycles. The lowest BCUT2D eigenvalue weighted by atomic mass is 10.1. The lowest BCUT2D eigenvalue weighted by Gasteiger charge is -2.15. The molecular weight excluding hydrogens is 280 g/mol. The van der Waals surface area contributed by atoms with E-state index in [-0.39, 0.29) is 24.3 Å². The molecule has 0 radical (unpaired) electrons. The van der Waals surface area contributed by atoms with Crippen LogP contribution >= 0.6 is 0 Å². The standard InChI is InChI=1S/C17H16N2O3/c1-11-10-15(20)19-14-9-5-8-13(16(14)22-11)17(21)18-12-6-3-2-4-7-12/h2-9,11H,10H2,1H3,(H,18,21)(H,19,20)/t11-/m1/s1. The molecule has 2 aromatic rings. The SMILES string of the molecule is C[C@@H]1CC(=O)Nc2cccc(C(=O)Nc3ccccc3)c2O1. The number of hydrogen-bond donors (Lipinski definition) is 2. The molecule has 0 saturated heterocycles. The number of carbonyl (C=O) groups excluding carboxylic acids is 2. The van der Waals surface area contributed by atoms with E-state index in [0.717, 1.165) is 0 Å². The van der Waals surface area contributed by atoms with Gasteiger partial charge in [-0.1, -0.05) is 24.3 Å². The van der Waals surface area contributed by atoms with Gasteiger partial charge in [-0.2, -0.15) is 0 Å². The molecule has 3 rings (SSSR count). The van der Waals surface area contributed by atoms with E-state index in [9.17, 15) is 9.59 Å². The van der Waals surface area contributed by atoms with Crippen molar-refractivity contribution < 1.29 is 14.3 Å². The van der Waals surface area contributed by atoms with Gasteiger partial charge in [0.15, 0.2) is 5.75 Å². The van der Waals surface area contributed by atoms with Crippen molar-refractivity contribution >= 4 is 23.2 Å². The highest BCUT2D eigenvalue weighted by atomic mass is 16.5. The number of ether oxygens (including phenoxy) is 1. The van der Waals surface area contributed by atoms with Crippen LogP contribution < -0.4 is 15.4 Å². The summed E-state index contributed by atoms with van der Waals surface area (Å²) < 4.78 is 5.77. The van der Waals surface area contributed by atoms with Gasteiger partial charge >= 0.3 is 0 Å². The van der Waals surface area contributed by atoms with Crippen molar-refractivity contribution in [3.05, 3.63) is 54.1 Å². The van der Waals surface area contributed by atoms with Crippen LogP contribution in [-0.4, -0.2) is 17.9 Å². The van der Waals surface area contributed by atoms with E-state index in [1.165, 1.54) is 0 Å². The smallest absolute Gasteiger partial charge is 0.259 e. The molecule has 5 nitrogen and oxygen atoms in total. The normalized spacial score (nSPS) is 16.8. The van der Waals surface area contributed by atoms with Gasteiger partial charge in [0.1, 0.15) is 6.10 Å². The average molecular weight is 296 g/mol. The monoisotopic (exact) mass is 296 g/mol. The van der Waals surface area contributed by atoms with Crippen LogP contribution in [0.4, 0.5) is 11.4 Å². The van der Waals surface area contributed by atoms with Gasteiger partial charge in [0.05, 0.1) is 17.7 Å². The van der Waals surface area contributed by atoms with Crippen LogP contribution in [0.1, 0.15) is 23.7 Å². The quantitative estimate of drug-likeness (QED) is 0.895. The van der Waals surface area contributed by atoms with E-state index in [1.807, 2.05) is 30.3 Å². The Morgan fingerprint density at radius 3 is 2.73 bits per heavy atom.